The van der Waals surface area contributed by atoms with E-state index in [1.54, 1.807) is 0 Å². The van der Waals surface area contributed by atoms with E-state index in [1.165, 1.54) is 11.1 Å². The summed E-state index contributed by atoms with van der Waals surface area (Å²) in [6.07, 6.45) is 2.99. The molecule has 4 nitrogen and oxygen atoms in total. The monoisotopic (exact) mass is 359 g/mol. The molecule has 3 rings (SSSR count). The second-order valence-corrected chi connectivity index (χ2v) is 6.43. The summed E-state index contributed by atoms with van der Waals surface area (Å²) < 4.78 is 0. The molecule has 1 aromatic carbocycles. The molecule has 1 saturated heterocycles. The fourth-order valence-corrected chi connectivity index (χ4v) is 3.45. The van der Waals surface area contributed by atoms with Gasteiger partial charge in [-0.05, 0) is 44.5 Å². The lowest BCUT2D eigenvalue weighted by molar-refractivity contribution is -0.135. The van der Waals surface area contributed by atoms with Crippen molar-refractivity contribution in [2.45, 2.75) is 37.9 Å². The van der Waals surface area contributed by atoms with Gasteiger partial charge < -0.3 is 15.1 Å². The van der Waals surface area contributed by atoms with E-state index in [0.717, 1.165) is 38.9 Å². The molecule has 0 aromatic heterocycles. The number of fused-ring (bicyclic) bond motifs is 1. The minimum atomic E-state index is -0.0455. The zero-order valence-corrected chi connectivity index (χ0v) is 15.5. The molecule has 6 heteroatoms. The molecule has 0 aliphatic carbocycles. The molecule has 1 fully saturated rings. The molecule has 1 amide bonds. The van der Waals surface area contributed by atoms with Crippen LogP contribution in [0, 0.1) is 0 Å². The summed E-state index contributed by atoms with van der Waals surface area (Å²) in [6.45, 7) is 2.59. The summed E-state index contributed by atoms with van der Waals surface area (Å²) in [5.74, 6) is 0.279. The van der Waals surface area contributed by atoms with Crippen LogP contribution in [0.25, 0.3) is 0 Å². The smallest absolute Gasteiger partial charge is 0.240 e. The fourth-order valence-electron chi connectivity index (χ4n) is 3.45. The third-order valence-electron chi connectivity index (χ3n) is 4.89. The van der Waals surface area contributed by atoms with Crippen LogP contribution >= 0.6 is 24.8 Å². The van der Waals surface area contributed by atoms with Gasteiger partial charge in [-0.25, -0.2) is 0 Å². The molecule has 1 atom stereocenters. The topological polar surface area (TPSA) is 35.6 Å². The van der Waals surface area contributed by atoms with E-state index in [4.69, 9.17) is 0 Å². The van der Waals surface area contributed by atoms with Crippen molar-refractivity contribution in [1.82, 2.24) is 15.1 Å². The molecule has 2 aliphatic heterocycles. The molecule has 0 saturated carbocycles. The molecule has 23 heavy (non-hydrogen) atoms. The third-order valence-corrected chi connectivity index (χ3v) is 4.89. The van der Waals surface area contributed by atoms with Gasteiger partial charge in [0, 0.05) is 25.7 Å². The molecule has 0 radical (unpaired) electrons. The van der Waals surface area contributed by atoms with Crippen molar-refractivity contribution < 1.29 is 4.79 Å². The van der Waals surface area contributed by atoms with E-state index in [0.29, 0.717) is 6.04 Å². The highest BCUT2D eigenvalue weighted by Crippen LogP contribution is 2.20. The number of amides is 1. The predicted octanol–water partition coefficient (Wildman–Crippen LogP) is 2.10. The molecule has 1 aromatic rings. The lowest BCUT2D eigenvalue weighted by Gasteiger charge is -2.37. The number of carbonyl (C=O) groups excluding carboxylic acids is 1. The van der Waals surface area contributed by atoms with Gasteiger partial charge in [0.15, 0.2) is 0 Å². The number of carbonyl (C=O) groups is 1. The summed E-state index contributed by atoms with van der Waals surface area (Å²) >= 11 is 0. The van der Waals surface area contributed by atoms with Gasteiger partial charge in [-0.2, -0.15) is 0 Å². The first-order chi connectivity index (χ1) is 10.1. The maximum absolute atomic E-state index is 12.7. The molecule has 1 N–H and O–H groups in total. The van der Waals surface area contributed by atoms with Gasteiger partial charge in [-0.3, -0.25) is 4.79 Å². The van der Waals surface area contributed by atoms with Crippen LogP contribution in [-0.4, -0.2) is 55.0 Å². The Labute approximate surface area is 151 Å². The van der Waals surface area contributed by atoms with Crippen LogP contribution in [0.2, 0.25) is 0 Å². The quantitative estimate of drug-likeness (QED) is 0.878. The summed E-state index contributed by atoms with van der Waals surface area (Å²) in [5.41, 5.74) is 2.64. The van der Waals surface area contributed by atoms with E-state index in [2.05, 4.69) is 48.6 Å². The average molecular weight is 360 g/mol. The number of nitrogens with zero attached hydrogens (tertiary/aromatic N) is 2. The number of likely N-dealkylation sites (tertiary alicyclic amines) is 1. The Morgan fingerprint density at radius 3 is 2.35 bits per heavy atom. The van der Waals surface area contributed by atoms with Crippen LogP contribution in [0.15, 0.2) is 24.3 Å². The number of nitrogens with one attached hydrogen (secondary N) is 1. The van der Waals surface area contributed by atoms with Gasteiger partial charge in [0.2, 0.25) is 5.91 Å². The molecule has 1 unspecified atom stereocenters. The van der Waals surface area contributed by atoms with E-state index >= 15 is 0 Å². The van der Waals surface area contributed by atoms with Crippen LogP contribution in [-0.2, 0) is 17.8 Å². The van der Waals surface area contributed by atoms with Crippen molar-refractivity contribution in [1.29, 1.82) is 0 Å². The van der Waals surface area contributed by atoms with E-state index < -0.39 is 0 Å². The van der Waals surface area contributed by atoms with Crippen molar-refractivity contribution >= 4 is 30.7 Å². The Morgan fingerprint density at radius 2 is 1.74 bits per heavy atom. The highest BCUT2D eigenvalue weighted by molar-refractivity contribution is 5.85. The minimum Gasteiger partial charge on any atom is -0.341 e. The van der Waals surface area contributed by atoms with Crippen molar-refractivity contribution in [3.05, 3.63) is 35.4 Å². The van der Waals surface area contributed by atoms with Crippen LogP contribution in [0.5, 0.6) is 0 Å². The van der Waals surface area contributed by atoms with Gasteiger partial charge in [0.1, 0.15) is 0 Å². The molecule has 0 bridgehead atoms. The van der Waals surface area contributed by atoms with Crippen LogP contribution in [0.3, 0.4) is 0 Å². The Hall–Kier alpha value is -0.810. The molecular weight excluding hydrogens is 333 g/mol. The number of halogens is 2. The summed E-state index contributed by atoms with van der Waals surface area (Å²) in [4.78, 5) is 17.0. The molecule has 2 heterocycles. The number of piperidine rings is 1. The number of benzene rings is 1. The first-order valence-corrected chi connectivity index (χ1v) is 7.90. The van der Waals surface area contributed by atoms with E-state index in [-0.39, 0.29) is 36.8 Å². The average Bonchev–Trinajstić information content (AvgIpc) is 2.54. The first-order valence-electron chi connectivity index (χ1n) is 7.90. The van der Waals surface area contributed by atoms with Crippen molar-refractivity contribution in [3.63, 3.8) is 0 Å². The Morgan fingerprint density at radius 1 is 1.13 bits per heavy atom. The van der Waals surface area contributed by atoms with Gasteiger partial charge >= 0.3 is 0 Å². The first kappa shape index (κ1) is 20.2. The number of hydrogen-bond acceptors (Lipinski definition) is 3. The molecule has 2 aliphatic rings. The molecule has 0 spiro atoms. The van der Waals surface area contributed by atoms with Gasteiger partial charge in [0.05, 0.1) is 6.04 Å². The lowest BCUT2D eigenvalue weighted by Crippen LogP contribution is -2.53. The van der Waals surface area contributed by atoms with Crippen LogP contribution in [0.4, 0.5) is 0 Å². The van der Waals surface area contributed by atoms with Gasteiger partial charge in [-0.1, -0.05) is 24.3 Å². The number of hydrogen-bond donors (Lipinski definition) is 1. The van der Waals surface area contributed by atoms with Gasteiger partial charge in [-0.15, -0.1) is 24.8 Å². The zero-order valence-electron chi connectivity index (χ0n) is 13.8. The molecular formula is C17H27Cl2N3O. The van der Waals surface area contributed by atoms with Crippen molar-refractivity contribution in [2.24, 2.45) is 0 Å². The second-order valence-electron chi connectivity index (χ2n) is 6.43. The third kappa shape index (κ3) is 4.60. The maximum atomic E-state index is 12.7. The standard InChI is InChI=1S/C17H25N3O.2ClH/c1-19(2)15-7-9-20(10-8-15)17(21)16-11-13-5-3-4-6-14(13)12-18-16;;/h3-6,15-16,18H,7-12H2,1-2H3;2*1H. The maximum Gasteiger partial charge on any atom is 0.240 e. The zero-order chi connectivity index (χ0) is 14.8. The Kier molecular flexibility index (Phi) is 7.81. The van der Waals surface area contributed by atoms with E-state index in [9.17, 15) is 4.79 Å². The summed E-state index contributed by atoms with van der Waals surface area (Å²) in [7, 11) is 4.25. The minimum absolute atomic E-state index is 0. The fraction of sp³-hybridized carbons (Fsp3) is 0.588. The Balaban J connectivity index is 0.00000132. The second kappa shape index (κ2) is 8.88. The highest BCUT2D eigenvalue weighted by Gasteiger charge is 2.30. The van der Waals surface area contributed by atoms with Crippen LogP contribution in [0.1, 0.15) is 24.0 Å². The van der Waals surface area contributed by atoms with Crippen molar-refractivity contribution in [2.75, 3.05) is 27.2 Å². The Bertz CT molecular complexity index is 516. The summed E-state index contributed by atoms with van der Waals surface area (Å²) in [5, 5.41) is 3.40. The predicted molar refractivity (Wildman–Crippen MR) is 98.6 cm³/mol. The number of rotatable bonds is 2. The SMILES string of the molecule is CN(C)C1CCN(C(=O)C2Cc3ccccc3CN2)CC1.Cl.Cl. The summed E-state index contributed by atoms with van der Waals surface area (Å²) in [6, 6.07) is 8.99. The molecule has 130 valence electrons. The van der Waals surface area contributed by atoms with Crippen molar-refractivity contribution in [3.8, 4) is 0 Å². The van der Waals surface area contributed by atoms with Crippen LogP contribution < -0.4 is 5.32 Å². The van der Waals surface area contributed by atoms with Gasteiger partial charge in [0.25, 0.3) is 0 Å². The van der Waals surface area contributed by atoms with E-state index in [1.807, 2.05) is 4.90 Å². The lowest BCUT2D eigenvalue weighted by atomic mass is 9.94. The highest BCUT2D eigenvalue weighted by atomic mass is 35.5. The normalized spacial score (nSPS) is 21.2. The largest absolute Gasteiger partial charge is 0.341 e.